The molecule has 14 heavy (non-hydrogen) atoms. The summed E-state index contributed by atoms with van der Waals surface area (Å²) in [6.07, 6.45) is 0.398. The predicted octanol–water partition coefficient (Wildman–Crippen LogP) is 1.26. The average Bonchev–Trinajstić information content (AvgIpc) is 2.57. The van der Waals surface area contributed by atoms with Gasteiger partial charge < -0.3 is 0 Å². The Kier molecular flexibility index (Phi) is 2.58. The Morgan fingerprint density at radius 3 is 2.71 bits per heavy atom. The van der Waals surface area contributed by atoms with Crippen LogP contribution in [0.2, 0.25) is 0 Å². The lowest BCUT2D eigenvalue weighted by Gasteiger charge is -2.36. The van der Waals surface area contributed by atoms with Crippen LogP contribution in [-0.2, 0) is 4.84 Å². The van der Waals surface area contributed by atoms with E-state index in [-0.39, 0.29) is 0 Å². The number of nitrogens with one attached hydrogen (secondary N) is 1. The topological polar surface area (TPSA) is 24.5 Å². The van der Waals surface area contributed by atoms with Crippen molar-refractivity contribution in [3.8, 4) is 0 Å². The van der Waals surface area contributed by atoms with E-state index in [1.54, 1.807) is 0 Å². The summed E-state index contributed by atoms with van der Waals surface area (Å²) in [5, 5.41) is 0. The van der Waals surface area contributed by atoms with Crippen LogP contribution in [0, 0.1) is 11.3 Å². The molecule has 82 valence electrons. The van der Waals surface area contributed by atoms with E-state index in [9.17, 15) is 0 Å². The van der Waals surface area contributed by atoms with Crippen molar-refractivity contribution in [2.75, 3.05) is 19.6 Å². The smallest absolute Gasteiger partial charge is 0.100 e. The number of rotatable bonds is 1. The first-order valence-electron chi connectivity index (χ1n) is 5.66. The largest absolute Gasteiger partial charge is 0.297 e. The van der Waals surface area contributed by atoms with Crippen LogP contribution >= 0.6 is 0 Å². The quantitative estimate of drug-likeness (QED) is 0.686. The van der Waals surface area contributed by atoms with Crippen molar-refractivity contribution in [1.82, 2.24) is 10.4 Å². The number of fused-ring (bicyclic) bond motifs is 1. The third-order valence-electron chi connectivity index (χ3n) is 3.50. The summed E-state index contributed by atoms with van der Waals surface area (Å²) in [4.78, 5) is 8.22. The Hall–Kier alpha value is -0.120. The van der Waals surface area contributed by atoms with Gasteiger partial charge in [-0.15, -0.1) is 0 Å². The van der Waals surface area contributed by atoms with Gasteiger partial charge in [0.2, 0.25) is 0 Å². The van der Waals surface area contributed by atoms with Crippen LogP contribution in [0.15, 0.2) is 0 Å². The van der Waals surface area contributed by atoms with Crippen LogP contribution < -0.4 is 5.48 Å². The van der Waals surface area contributed by atoms with E-state index >= 15 is 0 Å². The summed E-state index contributed by atoms with van der Waals surface area (Å²) in [5.41, 5.74) is 3.35. The third-order valence-corrected chi connectivity index (χ3v) is 3.50. The van der Waals surface area contributed by atoms with Crippen LogP contribution in [-0.4, -0.2) is 36.7 Å². The van der Waals surface area contributed by atoms with E-state index in [1.807, 2.05) is 0 Å². The maximum Gasteiger partial charge on any atom is 0.100 e. The minimum atomic E-state index is 0.307. The second kappa shape index (κ2) is 3.47. The molecule has 0 radical (unpaired) electrons. The van der Waals surface area contributed by atoms with Crippen molar-refractivity contribution < 1.29 is 4.84 Å². The molecule has 2 aliphatic heterocycles. The Morgan fingerprint density at radius 1 is 1.43 bits per heavy atom. The van der Waals surface area contributed by atoms with Crippen LogP contribution in [0.3, 0.4) is 0 Å². The molecule has 0 aromatic carbocycles. The highest BCUT2D eigenvalue weighted by molar-refractivity contribution is 5.01. The Bertz CT molecular complexity index is 212. The van der Waals surface area contributed by atoms with E-state index in [0.29, 0.717) is 23.5 Å². The highest BCUT2D eigenvalue weighted by atomic mass is 16.7. The number of nitrogens with zero attached hydrogens (tertiary/aromatic N) is 1. The van der Waals surface area contributed by atoms with E-state index in [4.69, 9.17) is 4.84 Å². The lowest BCUT2D eigenvalue weighted by atomic mass is 9.82. The monoisotopic (exact) mass is 198 g/mol. The first-order chi connectivity index (χ1) is 6.54. The van der Waals surface area contributed by atoms with Crippen molar-refractivity contribution in [1.29, 1.82) is 0 Å². The summed E-state index contributed by atoms with van der Waals surface area (Å²) in [5.74, 6) is 0.694. The van der Waals surface area contributed by atoms with Crippen molar-refractivity contribution in [3.63, 3.8) is 0 Å². The van der Waals surface area contributed by atoms with Gasteiger partial charge in [0.1, 0.15) is 6.10 Å². The zero-order valence-corrected chi connectivity index (χ0v) is 9.71. The van der Waals surface area contributed by atoms with Gasteiger partial charge in [0.15, 0.2) is 0 Å². The lowest BCUT2D eigenvalue weighted by molar-refractivity contribution is -0.0312. The van der Waals surface area contributed by atoms with Gasteiger partial charge in [0.25, 0.3) is 0 Å². The first-order valence-corrected chi connectivity index (χ1v) is 5.66. The number of hydroxylamine groups is 1. The molecular weight excluding hydrogens is 176 g/mol. The molecule has 2 aliphatic rings. The van der Waals surface area contributed by atoms with E-state index in [1.165, 1.54) is 6.54 Å². The Morgan fingerprint density at radius 2 is 2.14 bits per heavy atom. The minimum Gasteiger partial charge on any atom is -0.297 e. The Labute approximate surface area is 86.8 Å². The molecule has 0 aromatic rings. The molecule has 0 aromatic heterocycles. The highest BCUT2D eigenvalue weighted by Crippen LogP contribution is 2.38. The van der Waals surface area contributed by atoms with Gasteiger partial charge in [-0.1, -0.05) is 27.7 Å². The average molecular weight is 198 g/mol. The molecule has 0 spiro atoms. The second-order valence-corrected chi connectivity index (χ2v) is 5.59. The fourth-order valence-electron chi connectivity index (χ4n) is 2.94. The minimum absolute atomic E-state index is 0.307. The molecule has 0 amide bonds. The fraction of sp³-hybridized carbons (Fsp3) is 1.00. The third kappa shape index (κ3) is 1.58. The molecule has 0 saturated carbocycles. The molecule has 0 bridgehead atoms. The van der Waals surface area contributed by atoms with Gasteiger partial charge in [-0.2, -0.15) is 0 Å². The molecule has 2 saturated heterocycles. The maximum atomic E-state index is 5.66. The number of hydrogen-bond donors (Lipinski definition) is 1. The van der Waals surface area contributed by atoms with Crippen LogP contribution in [0.4, 0.5) is 0 Å². The molecule has 3 heteroatoms. The summed E-state index contributed by atoms with van der Waals surface area (Å²) >= 11 is 0. The van der Waals surface area contributed by atoms with Gasteiger partial charge in [-0.05, 0) is 12.0 Å². The predicted molar refractivity (Wildman–Crippen MR) is 56.9 cm³/mol. The second-order valence-electron chi connectivity index (χ2n) is 5.59. The van der Waals surface area contributed by atoms with Crippen molar-refractivity contribution in [2.24, 2.45) is 11.3 Å². The molecular formula is C11H22N2O. The van der Waals surface area contributed by atoms with Crippen molar-refractivity contribution in [3.05, 3.63) is 0 Å². The standard InChI is InChI=1S/C11H22N2O/c1-5-13-7-8-6-12-14-9(8)10(13)11(2,3)4/h8-10,12H,5-7H2,1-4H3. The molecule has 3 nitrogen and oxygen atoms in total. The SMILES string of the molecule is CCN1CC2CNOC2C1C(C)(C)C. The molecule has 1 N–H and O–H groups in total. The normalized spacial score (nSPS) is 39.0. The van der Waals surface area contributed by atoms with Gasteiger partial charge in [0, 0.05) is 25.0 Å². The molecule has 2 rings (SSSR count). The van der Waals surface area contributed by atoms with Crippen LogP contribution in [0.5, 0.6) is 0 Å². The van der Waals surface area contributed by atoms with Gasteiger partial charge in [-0.25, -0.2) is 5.48 Å². The van der Waals surface area contributed by atoms with Crippen molar-refractivity contribution >= 4 is 0 Å². The molecule has 2 heterocycles. The summed E-state index contributed by atoms with van der Waals surface area (Å²) in [6.45, 7) is 12.5. The van der Waals surface area contributed by atoms with E-state index in [2.05, 4.69) is 38.1 Å². The van der Waals surface area contributed by atoms with E-state index < -0.39 is 0 Å². The molecule has 2 fully saturated rings. The number of likely N-dealkylation sites (N-methyl/N-ethyl adjacent to an activating group) is 1. The van der Waals surface area contributed by atoms with E-state index in [0.717, 1.165) is 13.1 Å². The summed E-state index contributed by atoms with van der Waals surface area (Å²) in [6, 6.07) is 0.562. The summed E-state index contributed by atoms with van der Waals surface area (Å²) < 4.78 is 0. The Balaban J connectivity index is 2.17. The molecule has 0 aliphatic carbocycles. The zero-order valence-electron chi connectivity index (χ0n) is 9.71. The number of likely N-dealkylation sites (tertiary alicyclic amines) is 1. The molecule has 3 atom stereocenters. The maximum absolute atomic E-state index is 5.66. The van der Waals surface area contributed by atoms with Gasteiger partial charge >= 0.3 is 0 Å². The fourth-order valence-corrected chi connectivity index (χ4v) is 2.94. The van der Waals surface area contributed by atoms with Crippen molar-refractivity contribution in [2.45, 2.75) is 39.8 Å². The van der Waals surface area contributed by atoms with Crippen LogP contribution in [0.25, 0.3) is 0 Å². The molecule has 3 unspecified atom stereocenters. The zero-order chi connectivity index (χ0) is 10.3. The van der Waals surface area contributed by atoms with Crippen LogP contribution in [0.1, 0.15) is 27.7 Å². The first kappa shape index (κ1) is 10.4. The highest BCUT2D eigenvalue weighted by Gasteiger charge is 2.49. The van der Waals surface area contributed by atoms with Gasteiger partial charge in [-0.3, -0.25) is 9.74 Å². The number of hydrogen-bond acceptors (Lipinski definition) is 3. The lowest BCUT2D eigenvalue weighted by Crippen LogP contribution is -2.46. The summed E-state index contributed by atoms with van der Waals surface area (Å²) in [7, 11) is 0. The van der Waals surface area contributed by atoms with Gasteiger partial charge in [0.05, 0.1) is 0 Å².